The number of hydrogen-bond donors (Lipinski definition) is 0. The molecule has 29 heavy (non-hydrogen) atoms. The van der Waals surface area contributed by atoms with Crippen LogP contribution in [0.25, 0.3) is 5.95 Å². The zero-order valence-corrected chi connectivity index (χ0v) is 16.8. The van der Waals surface area contributed by atoms with E-state index in [1.165, 1.54) is 21.4 Å². The van der Waals surface area contributed by atoms with Gasteiger partial charge in [-0.25, -0.2) is 9.97 Å². The fourth-order valence-electron chi connectivity index (χ4n) is 3.15. The maximum absolute atomic E-state index is 5.92. The van der Waals surface area contributed by atoms with Gasteiger partial charge in [-0.2, -0.15) is 4.68 Å². The minimum Gasteiger partial charge on any atom is -0.487 e. The molecule has 2 aromatic carbocycles. The standard InChI is InChI=1S/C23H23N5O/c1-17-4-6-18(7-5-17)23(2,3)19-8-10-21(11-9-19)29-16-20-12-13-24-22(26-20)28-15-14-25-27-28/h4-15H,16H2,1-3H3. The molecule has 4 rings (SSSR count). The first-order valence-corrected chi connectivity index (χ1v) is 9.51. The summed E-state index contributed by atoms with van der Waals surface area (Å²) in [6.45, 7) is 6.93. The van der Waals surface area contributed by atoms with E-state index in [4.69, 9.17) is 4.74 Å². The van der Waals surface area contributed by atoms with Crippen molar-refractivity contribution < 1.29 is 4.74 Å². The molecule has 0 amide bonds. The zero-order chi connectivity index (χ0) is 20.3. The number of rotatable bonds is 6. The molecule has 0 fully saturated rings. The van der Waals surface area contributed by atoms with Crippen LogP contribution >= 0.6 is 0 Å². The van der Waals surface area contributed by atoms with Gasteiger partial charge < -0.3 is 4.74 Å². The molecular formula is C23H23N5O. The van der Waals surface area contributed by atoms with Gasteiger partial charge in [-0.1, -0.05) is 61.0 Å². The monoisotopic (exact) mass is 385 g/mol. The Morgan fingerprint density at radius 1 is 0.897 bits per heavy atom. The molecule has 0 saturated carbocycles. The van der Waals surface area contributed by atoms with Crippen molar-refractivity contribution in [2.45, 2.75) is 32.8 Å². The smallest absolute Gasteiger partial charge is 0.252 e. The largest absolute Gasteiger partial charge is 0.487 e. The second-order valence-electron chi connectivity index (χ2n) is 7.50. The van der Waals surface area contributed by atoms with Crippen molar-refractivity contribution >= 4 is 0 Å². The number of ether oxygens (including phenoxy) is 1. The molecule has 6 heteroatoms. The molecule has 0 aliphatic heterocycles. The Balaban J connectivity index is 1.45. The maximum atomic E-state index is 5.92. The quantitative estimate of drug-likeness (QED) is 0.496. The van der Waals surface area contributed by atoms with Crippen LogP contribution in [-0.4, -0.2) is 25.0 Å². The molecule has 0 saturated heterocycles. The molecular weight excluding hydrogens is 362 g/mol. The number of aryl methyl sites for hydroxylation is 1. The predicted molar refractivity (Wildman–Crippen MR) is 111 cm³/mol. The summed E-state index contributed by atoms with van der Waals surface area (Å²) in [6, 6.07) is 18.8. The van der Waals surface area contributed by atoms with E-state index in [1.54, 1.807) is 18.6 Å². The fourth-order valence-corrected chi connectivity index (χ4v) is 3.15. The second-order valence-corrected chi connectivity index (χ2v) is 7.50. The lowest BCUT2D eigenvalue weighted by molar-refractivity contribution is 0.300. The van der Waals surface area contributed by atoms with Crippen LogP contribution in [0.5, 0.6) is 5.75 Å². The molecule has 4 aromatic rings. The van der Waals surface area contributed by atoms with Crippen molar-refractivity contribution in [3.8, 4) is 11.7 Å². The van der Waals surface area contributed by atoms with Crippen LogP contribution in [0, 0.1) is 6.92 Å². The third-order valence-corrected chi connectivity index (χ3v) is 5.06. The van der Waals surface area contributed by atoms with Crippen molar-refractivity contribution in [3.05, 3.63) is 95.6 Å². The number of hydrogen-bond acceptors (Lipinski definition) is 5. The van der Waals surface area contributed by atoms with Crippen LogP contribution in [0.2, 0.25) is 0 Å². The van der Waals surface area contributed by atoms with E-state index in [2.05, 4.69) is 77.4 Å². The first kappa shape index (κ1) is 18.8. The molecule has 2 aromatic heterocycles. The van der Waals surface area contributed by atoms with Gasteiger partial charge in [0.2, 0.25) is 0 Å². The molecule has 0 aliphatic carbocycles. The average Bonchev–Trinajstić information content (AvgIpc) is 3.28. The Kier molecular flexibility index (Phi) is 5.08. The molecule has 146 valence electrons. The number of nitrogens with zero attached hydrogens (tertiary/aromatic N) is 5. The molecule has 0 bridgehead atoms. The molecule has 0 atom stereocenters. The van der Waals surface area contributed by atoms with E-state index in [9.17, 15) is 0 Å². The van der Waals surface area contributed by atoms with Crippen molar-refractivity contribution in [2.24, 2.45) is 0 Å². The molecule has 0 radical (unpaired) electrons. The summed E-state index contributed by atoms with van der Waals surface area (Å²) in [5.74, 6) is 1.27. The molecule has 6 nitrogen and oxygen atoms in total. The molecule has 0 N–H and O–H groups in total. The highest BCUT2D eigenvalue weighted by molar-refractivity contribution is 5.40. The molecule has 0 aliphatic rings. The summed E-state index contributed by atoms with van der Waals surface area (Å²) in [6.07, 6.45) is 4.98. The Morgan fingerprint density at radius 3 is 2.24 bits per heavy atom. The second kappa shape index (κ2) is 7.83. The predicted octanol–water partition coefficient (Wildman–Crippen LogP) is 4.27. The van der Waals surface area contributed by atoms with Crippen molar-refractivity contribution in [3.63, 3.8) is 0 Å². The summed E-state index contributed by atoms with van der Waals surface area (Å²) in [4.78, 5) is 8.66. The van der Waals surface area contributed by atoms with Crippen LogP contribution in [0.3, 0.4) is 0 Å². The number of benzene rings is 2. The zero-order valence-electron chi connectivity index (χ0n) is 16.8. The normalized spacial score (nSPS) is 11.4. The Morgan fingerprint density at radius 2 is 1.59 bits per heavy atom. The first-order chi connectivity index (χ1) is 14.0. The lowest BCUT2D eigenvalue weighted by Crippen LogP contribution is -2.18. The van der Waals surface area contributed by atoms with Crippen LogP contribution in [0.4, 0.5) is 0 Å². The highest BCUT2D eigenvalue weighted by Gasteiger charge is 2.22. The summed E-state index contributed by atoms with van der Waals surface area (Å²) >= 11 is 0. The summed E-state index contributed by atoms with van der Waals surface area (Å²) < 4.78 is 7.44. The SMILES string of the molecule is Cc1ccc(C(C)(C)c2ccc(OCc3ccnc(-n4ccnn4)n3)cc2)cc1. The lowest BCUT2D eigenvalue weighted by atomic mass is 9.78. The fraction of sp³-hybridized carbons (Fsp3) is 0.217. The Bertz CT molecular complexity index is 1070. The Labute approximate surface area is 170 Å². The maximum Gasteiger partial charge on any atom is 0.252 e. The third-order valence-electron chi connectivity index (χ3n) is 5.06. The topological polar surface area (TPSA) is 65.7 Å². The highest BCUT2D eigenvalue weighted by atomic mass is 16.5. The van der Waals surface area contributed by atoms with E-state index < -0.39 is 0 Å². The number of aromatic nitrogens is 5. The van der Waals surface area contributed by atoms with Gasteiger partial charge in [0, 0.05) is 11.6 Å². The minimum absolute atomic E-state index is 0.0778. The first-order valence-electron chi connectivity index (χ1n) is 9.51. The molecule has 0 spiro atoms. The van der Waals surface area contributed by atoms with E-state index in [1.807, 2.05) is 18.2 Å². The van der Waals surface area contributed by atoms with Gasteiger partial charge in [0.05, 0.1) is 18.1 Å². The third kappa shape index (κ3) is 4.16. The van der Waals surface area contributed by atoms with Gasteiger partial charge in [-0.05, 0) is 36.2 Å². The van der Waals surface area contributed by atoms with Crippen molar-refractivity contribution in [2.75, 3.05) is 0 Å². The van der Waals surface area contributed by atoms with E-state index in [0.29, 0.717) is 12.6 Å². The van der Waals surface area contributed by atoms with E-state index >= 15 is 0 Å². The summed E-state index contributed by atoms with van der Waals surface area (Å²) in [5.41, 5.74) is 4.49. The van der Waals surface area contributed by atoms with Gasteiger partial charge in [-0.15, -0.1) is 5.10 Å². The molecule has 0 unspecified atom stereocenters. The van der Waals surface area contributed by atoms with E-state index in [-0.39, 0.29) is 5.41 Å². The molecule has 2 heterocycles. The van der Waals surface area contributed by atoms with Crippen LogP contribution < -0.4 is 4.74 Å². The van der Waals surface area contributed by atoms with E-state index in [0.717, 1.165) is 11.4 Å². The van der Waals surface area contributed by atoms with Crippen molar-refractivity contribution in [1.29, 1.82) is 0 Å². The average molecular weight is 385 g/mol. The van der Waals surface area contributed by atoms with Crippen LogP contribution in [0.15, 0.2) is 73.2 Å². The highest BCUT2D eigenvalue weighted by Crippen LogP contribution is 2.32. The van der Waals surface area contributed by atoms with Gasteiger partial charge in [-0.3, -0.25) is 0 Å². The minimum atomic E-state index is -0.0778. The van der Waals surface area contributed by atoms with Crippen LogP contribution in [-0.2, 0) is 12.0 Å². The van der Waals surface area contributed by atoms with Gasteiger partial charge in [0.25, 0.3) is 5.95 Å². The summed E-state index contributed by atoms with van der Waals surface area (Å²) in [5, 5.41) is 7.69. The van der Waals surface area contributed by atoms with Crippen molar-refractivity contribution in [1.82, 2.24) is 25.0 Å². The summed E-state index contributed by atoms with van der Waals surface area (Å²) in [7, 11) is 0. The van der Waals surface area contributed by atoms with Gasteiger partial charge in [0.1, 0.15) is 12.4 Å². The van der Waals surface area contributed by atoms with Crippen LogP contribution in [0.1, 0.15) is 36.2 Å². The Hall–Kier alpha value is -3.54. The lowest BCUT2D eigenvalue weighted by Gasteiger charge is -2.26. The van der Waals surface area contributed by atoms with Gasteiger partial charge >= 0.3 is 0 Å². The van der Waals surface area contributed by atoms with Gasteiger partial charge in [0.15, 0.2) is 0 Å².